The van der Waals surface area contributed by atoms with E-state index in [-0.39, 0.29) is 11.9 Å². The molecule has 0 radical (unpaired) electrons. The summed E-state index contributed by atoms with van der Waals surface area (Å²) in [5.74, 6) is 0.0289. The summed E-state index contributed by atoms with van der Waals surface area (Å²) in [5, 5.41) is 0.845. The van der Waals surface area contributed by atoms with Crippen LogP contribution >= 0.6 is 0 Å². The molecule has 0 unspecified atom stereocenters. The predicted molar refractivity (Wildman–Crippen MR) is 118 cm³/mol. The standard InChI is InChI=1S/C23H28FN3O2S/c1-23(2,3)30(28,29)27-17-9-7-15(8-10-17)21-13-16-12-19(24)18(14-22(16)26-21)20-6-4-5-11-25-20/h4-6,11-15,17,26-27H,7-10H2,1-3H3. The van der Waals surface area contributed by atoms with Crippen LogP contribution in [0.25, 0.3) is 22.2 Å². The van der Waals surface area contributed by atoms with Gasteiger partial charge in [0, 0.05) is 34.4 Å². The fraction of sp³-hybridized carbons (Fsp3) is 0.435. The average molecular weight is 430 g/mol. The summed E-state index contributed by atoms with van der Waals surface area (Å²) in [4.78, 5) is 7.71. The maximum Gasteiger partial charge on any atom is 0.216 e. The normalized spacial score (nSPS) is 20.5. The molecule has 0 bridgehead atoms. The Hall–Kier alpha value is -2.25. The number of nitrogens with zero attached hydrogens (tertiary/aromatic N) is 1. The van der Waals surface area contributed by atoms with E-state index < -0.39 is 14.8 Å². The van der Waals surface area contributed by atoms with Gasteiger partial charge in [-0.1, -0.05) is 6.07 Å². The first-order valence-corrected chi connectivity index (χ1v) is 11.9. The van der Waals surface area contributed by atoms with E-state index in [2.05, 4.69) is 14.7 Å². The van der Waals surface area contributed by atoms with Crippen molar-refractivity contribution in [2.75, 3.05) is 0 Å². The second-order valence-corrected chi connectivity index (χ2v) is 11.6. The van der Waals surface area contributed by atoms with Gasteiger partial charge in [-0.3, -0.25) is 4.98 Å². The van der Waals surface area contributed by atoms with Crippen molar-refractivity contribution >= 4 is 20.9 Å². The topological polar surface area (TPSA) is 74.8 Å². The highest BCUT2D eigenvalue weighted by molar-refractivity contribution is 7.90. The van der Waals surface area contributed by atoms with Crippen LogP contribution < -0.4 is 4.72 Å². The van der Waals surface area contributed by atoms with E-state index in [0.29, 0.717) is 17.2 Å². The molecule has 1 aliphatic rings. The Morgan fingerprint density at radius 1 is 1.10 bits per heavy atom. The number of pyridine rings is 1. The number of nitrogens with one attached hydrogen (secondary N) is 2. The van der Waals surface area contributed by atoms with Crippen molar-refractivity contribution in [1.29, 1.82) is 0 Å². The molecule has 0 amide bonds. The summed E-state index contributed by atoms with van der Waals surface area (Å²) in [7, 11) is -3.34. The molecule has 4 rings (SSSR count). The van der Waals surface area contributed by atoms with Gasteiger partial charge in [-0.15, -0.1) is 0 Å². The zero-order valence-corrected chi connectivity index (χ0v) is 18.4. The maximum atomic E-state index is 14.6. The maximum absolute atomic E-state index is 14.6. The van der Waals surface area contributed by atoms with Crippen molar-refractivity contribution in [3.63, 3.8) is 0 Å². The second kappa shape index (κ2) is 7.78. The van der Waals surface area contributed by atoms with Crippen LogP contribution in [0.4, 0.5) is 4.39 Å². The van der Waals surface area contributed by atoms with E-state index in [0.717, 1.165) is 42.3 Å². The van der Waals surface area contributed by atoms with Crippen LogP contribution in [0.1, 0.15) is 58.1 Å². The molecule has 0 atom stereocenters. The van der Waals surface area contributed by atoms with Gasteiger partial charge in [-0.2, -0.15) is 0 Å². The van der Waals surface area contributed by atoms with Crippen LogP contribution in [0.5, 0.6) is 0 Å². The Morgan fingerprint density at radius 3 is 2.47 bits per heavy atom. The Labute approximate surface area is 177 Å². The molecule has 1 aromatic carbocycles. The first-order valence-electron chi connectivity index (χ1n) is 10.4. The molecular weight excluding hydrogens is 401 g/mol. The van der Waals surface area contributed by atoms with Crippen LogP contribution in [0.2, 0.25) is 0 Å². The van der Waals surface area contributed by atoms with E-state index in [1.54, 1.807) is 39.1 Å². The van der Waals surface area contributed by atoms with Gasteiger partial charge in [0.2, 0.25) is 10.0 Å². The Balaban J connectivity index is 1.50. The van der Waals surface area contributed by atoms with E-state index in [1.807, 2.05) is 24.3 Å². The molecule has 160 valence electrons. The van der Waals surface area contributed by atoms with E-state index in [9.17, 15) is 12.8 Å². The van der Waals surface area contributed by atoms with Crippen LogP contribution in [0.15, 0.2) is 42.6 Å². The van der Waals surface area contributed by atoms with Gasteiger partial charge in [0.1, 0.15) is 5.82 Å². The molecule has 7 heteroatoms. The van der Waals surface area contributed by atoms with E-state index in [1.165, 1.54) is 0 Å². The van der Waals surface area contributed by atoms with Gasteiger partial charge in [0.25, 0.3) is 0 Å². The summed E-state index contributed by atoms with van der Waals surface area (Å²) in [6.07, 6.45) is 5.02. The molecular formula is C23H28FN3O2S. The molecule has 30 heavy (non-hydrogen) atoms. The zero-order valence-electron chi connectivity index (χ0n) is 17.6. The van der Waals surface area contributed by atoms with Crippen LogP contribution in [-0.4, -0.2) is 29.2 Å². The van der Waals surface area contributed by atoms with Crippen molar-refractivity contribution in [2.45, 2.75) is 63.2 Å². The minimum absolute atomic E-state index is 0.0249. The number of aromatic amines is 1. The lowest BCUT2D eigenvalue weighted by molar-refractivity contribution is 0.368. The number of rotatable bonds is 4. The minimum atomic E-state index is -3.34. The second-order valence-electron chi connectivity index (χ2n) is 9.14. The monoisotopic (exact) mass is 429 g/mol. The van der Waals surface area contributed by atoms with Gasteiger partial charge >= 0.3 is 0 Å². The number of aromatic nitrogens is 2. The number of benzene rings is 1. The van der Waals surface area contributed by atoms with Crippen molar-refractivity contribution in [3.8, 4) is 11.3 Å². The van der Waals surface area contributed by atoms with Crippen molar-refractivity contribution in [3.05, 3.63) is 54.1 Å². The highest BCUT2D eigenvalue weighted by atomic mass is 32.2. The largest absolute Gasteiger partial charge is 0.358 e. The molecule has 0 aliphatic heterocycles. The molecule has 0 spiro atoms. The zero-order chi connectivity index (χ0) is 21.5. The molecule has 2 heterocycles. The smallest absolute Gasteiger partial charge is 0.216 e. The van der Waals surface area contributed by atoms with Crippen LogP contribution in [0, 0.1) is 5.82 Å². The number of fused-ring (bicyclic) bond motifs is 1. The molecule has 1 aliphatic carbocycles. The Kier molecular flexibility index (Phi) is 5.45. The molecule has 1 fully saturated rings. The van der Waals surface area contributed by atoms with Gasteiger partial charge in [-0.05, 0) is 82.7 Å². The summed E-state index contributed by atoms with van der Waals surface area (Å²) in [6, 6.07) is 10.8. The van der Waals surface area contributed by atoms with Gasteiger partial charge < -0.3 is 4.98 Å². The summed E-state index contributed by atoms with van der Waals surface area (Å²) in [5.41, 5.74) is 3.07. The number of hydrogen-bond acceptors (Lipinski definition) is 3. The Bertz CT molecular complexity index is 1140. The van der Waals surface area contributed by atoms with Crippen molar-refractivity contribution in [1.82, 2.24) is 14.7 Å². The molecule has 2 N–H and O–H groups in total. The average Bonchev–Trinajstić information content (AvgIpc) is 3.10. The SMILES string of the molecule is CC(C)(C)S(=O)(=O)NC1CCC(c2cc3cc(F)c(-c4ccccn4)cc3[nH]2)CC1. The Morgan fingerprint density at radius 2 is 1.83 bits per heavy atom. The van der Waals surface area contributed by atoms with Gasteiger partial charge in [0.05, 0.1) is 10.4 Å². The lowest BCUT2D eigenvalue weighted by Crippen LogP contribution is -2.45. The first kappa shape index (κ1) is 21.0. The third-order valence-corrected chi connectivity index (χ3v) is 8.22. The van der Waals surface area contributed by atoms with Crippen molar-refractivity contribution < 1.29 is 12.8 Å². The number of halogens is 1. The van der Waals surface area contributed by atoms with Crippen LogP contribution in [-0.2, 0) is 10.0 Å². The van der Waals surface area contributed by atoms with Gasteiger partial charge in [0.15, 0.2) is 0 Å². The first-order chi connectivity index (χ1) is 14.1. The van der Waals surface area contributed by atoms with Crippen molar-refractivity contribution in [2.24, 2.45) is 0 Å². The molecule has 2 aromatic heterocycles. The fourth-order valence-electron chi connectivity index (χ4n) is 4.03. The van der Waals surface area contributed by atoms with E-state index in [4.69, 9.17) is 0 Å². The summed E-state index contributed by atoms with van der Waals surface area (Å²) >= 11 is 0. The number of H-pyrrole nitrogens is 1. The van der Waals surface area contributed by atoms with Crippen LogP contribution in [0.3, 0.4) is 0 Å². The fourth-order valence-corrected chi connectivity index (χ4v) is 5.06. The minimum Gasteiger partial charge on any atom is -0.358 e. The molecule has 3 aromatic rings. The van der Waals surface area contributed by atoms with E-state index >= 15 is 0 Å². The lowest BCUT2D eigenvalue weighted by Gasteiger charge is -2.31. The third-order valence-electron chi connectivity index (χ3n) is 5.97. The third kappa shape index (κ3) is 4.14. The summed E-state index contributed by atoms with van der Waals surface area (Å²) in [6.45, 7) is 5.14. The molecule has 1 saturated carbocycles. The number of sulfonamides is 1. The highest BCUT2D eigenvalue weighted by Gasteiger charge is 2.33. The summed E-state index contributed by atoms with van der Waals surface area (Å²) < 4.78 is 41.5. The van der Waals surface area contributed by atoms with Gasteiger partial charge in [-0.25, -0.2) is 17.5 Å². The quantitative estimate of drug-likeness (QED) is 0.605. The number of hydrogen-bond donors (Lipinski definition) is 2. The molecule has 5 nitrogen and oxygen atoms in total. The molecule has 0 saturated heterocycles. The highest BCUT2D eigenvalue weighted by Crippen LogP contribution is 2.36. The lowest BCUT2D eigenvalue weighted by atomic mass is 9.84. The predicted octanol–water partition coefficient (Wildman–Crippen LogP) is 5.11.